The van der Waals surface area contributed by atoms with Crippen LogP contribution in [0.25, 0.3) is 0 Å². The Balaban J connectivity index is 4.48. The van der Waals surface area contributed by atoms with Gasteiger partial charge in [0.15, 0.2) is 6.10 Å². The van der Waals surface area contributed by atoms with Crippen molar-refractivity contribution in [2.24, 2.45) is 0 Å². The van der Waals surface area contributed by atoms with Crippen LogP contribution in [0.1, 0.15) is 162 Å². The van der Waals surface area contributed by atoms with Crippen molar-refractivity contribution in [3.63, 3.8) is 0 Å². The second kappa shape index (κ2) is 37.3. The molecule has 0 aliphatic heterocycles. The van der Waals surface area contributed by atoms with E-state index in [9.17, 15) is 19.0 Å². The lowest BCUT2D eigenvalue weighted by atomic mass is 10.0. The zero-order valence-corrected chi connectivity index (χ0v) is 36.5. The minimum Gasteiger partial charge on any atom is -0.756 e. The van der Waals surface area contributed by atoms with Gasteiger partial charge in [-0.3, -0.25) is 14.2 Å². The molecule has 0 aromatic rings. The summed E-state index contributed by atoms with van der Waals surface area (Å²) in [6, 6.07) is 0. The molecule has 0 N–H and O–H groups in total. The molecule has 55 heavy (non-hydrogen) atoms. The lowest BCUT2D eigenvalue weighted by Gasteiger charge is -2.28. The monoisotopic (exact) mass is 794 g/mol. The molecular formula is C45H80NO8P. The van der Waals surface area contributed by atoms with Gasteiger partial charge in [-0.25, -0.2) is 0 Å². The molecule has 0 aromatic carbocycles. The summed E-state index contributed by atoms with van der Waals surface area (Å²) in [5, 5.41) is 0. The van der Waals surface area contributed by atoms with Crippen LogP contribution in [0, 0.1) is 0 Å². The van der Waals surface area contributed by atoms with E-state index >= 15 is 0 Å². The molecule has 318 valence electrons. The number of phosphoric acid groups is 1. The Morgan fingerprint density at radius 3 is 1.53 bits per heavy atom. The van der Waals surface area contributed by atoms with E-state index in [4.69, 9.17) is 18.5 Å². The molecule has 2 unspecified atom stereocenters. The van der Waals surface area contributed by atoms with Crippen LogP contribution in [-0.2, 0) is 32.7 Å². The highest BCUT2D eigenvalue weighted by Crippen LogP contribution is 2.38. The molecule has 0 rings (SSSR count). The Labute approximate surface area is 336 Å². The van der Waals surface area contributed by atoms with Gasteiger partial charge in [0.1, 0.15) is 19.8 Å². The average Bonchev–Trinajstić information content (AvgIpc) is 3.13. The van der Waals surface area contributed by atoms with Crippen LogP contribution in [0.3, 0.4) is 0 Å². The minimum absolute atomic E-state index is 0.0429. The number of quaternary nitrogens is 1. The van der Waals surface area contributed by atoms with Gasteiger partial charge in [-0.05, 0) is 51.4 Å². The summed E-state index contributed by atoms with van der Waals surface area (Å²) in [5.41, 5.74) is 0. The highest BCUT2D eigenvalue weighted by Gasteiger charge is 2.21. The van der Waals surface area contributed by atoms with Gasteiger partial charge in [-0.15, -0.1) is 0 Å². The Kier molecular flexibility index (Phi) is 35.7. The summed E-state index contributed by atoms with van der Waals surface area (Å²) < 4.78 is 33.8. The lowest BCUT2D eigenvalue weighted by molar-refractivity contribution is -0.870. The normalized spacial score (nSPS) is 14.2. The number of unbranched alkanes of at least 4 members (excludes halogenated alkanes) is 14. The standard InChI is InChI=1S/C45H80NO8P/c1-6-8-10-12-14-16-18-20-22-23-24-26-28-30-32-34-36-38-45(48)54-43(42-53-55(49,50)52-40-39-46(3,4)5)41-51-44(47)37-35-33-31-29-27-25-21-19-17-15-13-11-9-7-2/h8,10,14,16,20,22,24,26,30,32,43H,6-7,9,11-13,15,17-19,21,23,25,27-29,31,33-42H2,1-5H3/b10-8-,16-14-,22-20-,26-24-,32-30-. The Morgan fingerprint density at radius 2 is 1.04 bits per heavy atom. The molecule has 0 fully saturated rings. The molecule has 10 heteroatoms. The highest BCUT2D eigenvalue weighted by molar-refractivity contribution is 7.45. The molecule has 2 atom stereocenters. The number of carbonyl (C=O) groups is 2. The van der Waals surface area contributed by atoms with E-state index in [-0.39, 0.29) is 26.1 Å². The second-order valence-corrected chi connectivity index (χ2v) is 16.7. The molecule has 0 amide bonds. The van der Waals surface area contributed by atoms with E-state index in [0.29, 0.717) is 23.9 Å². The minimum atomic E-state index is -4.64. The molecule has 0 aliphatic rings. The number of esters is 2. The summed E-state index contributed by atoms with van der Waals surface area (Å²) in [5.74, 6) is -0.904. The van der Waals surface area contributed by atoms with Gasteiger partial charge in [0.2, 0.25) is 0 Å². The van der Waals surface area contributed by atoms with Crippen LogP contribution in [0.2, 0.25) is 0 Å². The van der Waals surface area contributed by atoms with Crippen molar-refractivity contribution in [2.45, 2.75) is 168 Å². The third-order valence-electron chi connectivity index (χ3n) is 8.80. The third kappa shape index (κ3) is 41.2. The lowest BCUT2D eigenvalue weighted by Crippen LogP contribution is -2.37. The number of rotatable bonds is 38. The summed E-state index contributed by atoms with van der Waals surface area (Å²) in [4.78, 5) is 37.5. The quantitative estimate of drug-likeness (QED) is 0.0200. The maximum absolute atomic E-state index is 12.6. The van der Waals surface area contributed by atoms with Crippen LogP contribution >= 0.6 is 7.82 Å². The van der Waals surface area contributed by atoms with Crippen molar-refractivity contribution in [1.82, 2.24) is 0 Å². The predicted molar refractivity (Wildman–Crippen MR) is 226 cm³/mol. The van der Waals surface area contributed by atoms with Crippen LogP contribution in [0.5, 0.6) is 0 Å². The largest absolute Gasteiger partial charge is 0.756 e. The molecule has 9 nitrogen and oxygen atoms in total. The van der Waals surface area contributed by atoms with Crippen LogP contribution in [0.15, 0.2) is 60.8 Å². The number of hydrogen-bond acceptors (Lipinski definition) is 8. The maximum Gasteiger partial charge on any atom is 0.306 e. The zero-order valence-electron chi connectivity index (χ0n) is 35.6. The van der Waals surface area contributed by atoms with E-state index in [1.165, 1.54) is 70.6 Å². The number of phosphoric ester groups is 1. The topological polar surface area (TPSA) is 111 Å². The molecule has 0 aromatic heterocycles. The first kappa shape index (κ1) is 52.7. The van der Waals surface area contributed by atoms with Gasteiger partial charge < -0.3 is 27.9 Å². The molecule has 0 bridgehead atoms. The van der Waals surface area contributed by atoms with Crippen molar-refractivity contribution in [3.05, 3.63) is 60.8 Å². The summed E-state index contributed by atoms with van der Waals surface area (Å²) in [6.45, 7) is 4.04. The fraction of sp³-hybridized carbons (Fsp3) is 0.733. The van der Waals surface area contributed by atoms with Gasteiger partial charge >= 0.3 is 11.9 Å². The first-order valence-corrected chi connectivity index (χ1v) is 23.0. The summed E-state index contributed by atoms with van der Waals surface area (Å²) in [7, 11) is 1.12. The first-order chi connectivity index (χ1) is 26.5. The second-order valence-electron chi connectivity index (χ2n) is 15.3. The number of allylic oxidation sites excluding steroid dienone is 10. The number of nitrogens with zero attached hydrogens (tertiary/aromatic N) is 1. The van der Waals surface area contributed by atoms with Gasteiger partial charge in [0.25, 0.3) is 7.82 Å². The Bertz CT molecular complexity index is 1120. The molecule has 0 spiro atoms. The molecule has 0 radical (unpaired) electrons. The number of ether oxygens (including phenoxy) is 2. The van der Waals surface area contributed by atoms with Gasteiger partial charge in [-0.2, -0.15) is 0 Å². The molecule has 0 aliphatic carbocycles. The maximum atomic E-state index is 12.6. The molecule has 0 heterocycles. The molecular weight excluding hydrogens is 713 g/mol. The highest BCUT2D eigenvalue weighted by atomic mass is 31.2. The fourth-order valence-electron chi connectivity index (χ4n) is 5.45. The van der Waals surface area contributed by atoms with Gasteiger partial charge in [0.05, 0.1) is 27.7 Å². The number of carbonyl (C=O) groups excluding carboxylic acids is 2. The van der Waals surface area contributed by atoms with Crippen molar-refractivity contribution < 1.29 is 42.1 Å². The third-order valence-corrected chi connectivity index (χ3v) is 9.77. The van der Waals surface area contributed by atoms with Crippen LogP contribution < -0.4 is 4.89 Å². The van der Waals surface area contributed by atoms with Crippen LogP contribution in [-0.4, -0.2) is 70.0 Å². The predicted octanol–water partition coefficient (Wildman–Crippen LogP) is 11.4. The van der Waals surface area contributed by atoms with Crippen molar-refractivity contribution in [3.8, 4) is 0 Å². The van der Waals surface area contributed by atoms with Gasteiger partial charge in [0, 0.05) is 12.8 Å². The van der Waals surface area contributed by atoms with E-state index in [2.05, 4.69) is 68.5 Å². The Morgan fingerprint density at radius 1 is 0.582 bits per heavy atom. The summed E-state index contributed by atoms with van der Waals surface area (Å²) in [6.07, 6.45) is 44.0. The Hall–Kier alpha value is -2.29. The zero-order chi connectivity index (χ0) is 40.7. The van der Waals surface area contributed by atoms with E-state index < -0.39 is 32.5 Å². The van der Waals surface area contributed by atoms with Gasteiger partial charge in [-0.1, -0.05) is 158 Å². The SMILES string of the molecule is CC/C=C\C/C=C\C/C=C\C/C=C\C/C=C\CCCC(=O)OC(COC(=O)CCCCCCCCCCCCCCCC)COP(=O)([O-])OCC[N+](C)(C)C. The van der Waals surface area contributed by atoms with E-state index in [0.717, 1.165) is 51.4 Å². The first-order valence-electron chi connectivity index (χ1n) is 21.5. The van der Waals surface area contributed by atoms with Crippen molar-refractivity contribution in [1.29, 1.82) is 0 Å². The average molecular weight is 794 g/mol. The summed E-state index contributed by atoms with van der Waals surface area (Å²) >= 11 is 0. The molecule has 0 saturated carbocycles. The number of hydrogen-bond donors (Lipinski definition) is 0. The van der Waals surface area contributed by atoms with Crippen molar-refractivity contribution >= 4 is 19.8 Å². The fourth-order valence-corrected chi connectivity index (χ4v) is 6.18. The smallest absolute Gasteiger partial charge is 0.306 e. The number of likely N-dealkylation sites (N-methyl/N-ethyl adjacent to an activating group) is 1. The van der Waals surface area contributed by atoms with Crippen LogP contribution in [0.4, 0.5) is 0 Å². The van der Waals surface area contributed by atoms with E-state index in [1.807, 2.05) is 27.2 Å². The van der Waals surface area contributed by atoms with Crippen molar-refractivity contribution in [2.75, 3.05) is 47.5 Å². The van der Waals surface area contributed by atoms with E-state index in [1.54, 1.807) is 0 Å². The molecule has 0 saturated heterocycles.